The second-order valence-corrected chi connectivity index (χ2v) is 8.27. The number of hydrogen-bond acceptors (Lipinski definition) is 1. The van der Waals surface area contributed by atoms with Gasteiger partial charge in [0, 0.05) is 22.8 Å². The first kappa shape index (κ1) is 15.2. The second kappa shape index (κ2) is 7.03. The Morgan fingerprint density at radius 1 is 0.909 bits per heavy atom. The van der Waals surface area contributed by atoms with E-state index in [2.05, 4.69) is 11.8 Å². The number of ether oxygens (including phenoxy) is 1. The fraction of sp³-hybridized carbons (Fsp3) is 0.0556. The lowest BCUT2D eigenvalue weighted by atomic mass is 10.1. The normalized spacial score (nSPS) is 13.0. The Morgan fingerprint density at radius 2 is 1.64 bits per heavy atom. The van der Waals surface area contributed by atoms with Crippen LogP contribution < -0.4 is 0 Å². The van der Waals surface area contributed by atoms with Crippen molar-refractivity contribution in [2.24, 2.45) is 0 Å². The SMILES string of the molecule is Cl[P+](Cl)=C1C=C(c2ccccc2C#Cc2ccccc2)OC1. The Kier molecular flexibility index (Phi) is 4.86. The van der Waals surface area contributed by atoms with Crippen LogP contribution in [-0.4, -0.2) is 11.9 Å². The van der Waals surface area contributed by atoms with E-state index in [0.717, 1.165) is 27.7 Å². The summed E-state index contributed by atoms with van der Waals surface area (Å²) in [6.07, 6.45) is 0.777. The molecule has 0 aliphatic carbocycles. The summed E-state index contributed by atoms with van der Waals surface area (Å²) >= 11 is 11.9. The van der Waals surface area contributed by atoms with Crippen LogP contribution in [0.4, 0.5) is 0 Å². The van der Waals surface area contributed by atoms with E-state index in [0.29, 0.717) is 6.61 Å². The summed E-state index contributed by atoms with van der Waals surface area (Å²) < 4.78 is 5.71. The molecule has 0 N–H and O–H groups in total. The smallest absolute Gasteiger partial charge is 0.331 e. The lowest BCUT2D eigenvalue weighted by Crippen LogP contribution is -1.93. The molecule has 0 unspecified atom stereocenters. The first-order chi connectivity index (χ1) is 10.7. The summed E-state index contributed by atoms with van der Waals surface area (Å²) in [4.78, 5) is 0. The van der Waals surface area contributed by atoms with Gasteiger partial charge in [-0.1, -0.05) is 42.2 Å². The molecule has 0 radical (unpaired) electrons. The largest absolute Gasteiger partial charge is 0.484 e. The Hall–Kier alpha value is -1.71. The molecule has 0 fully saturated rings. The molecule has 1 aliphatic rings. The molecule has 1 aliphatic heterocycles. The number of halogens is 2. The van der Waals surface area contributed by atoms with Crippen molar-refractivity contribution in [2.45, 2.75) is 0 Å². The van der Waals surface area contributed by atoms with E-state index in [9.17, 15) is 0 Å². The summed E-state index contributed by atoms with van der Waals surface area (Å²) in [5.74, 6) is 7.16. The van der Waals surface area contributed by atoms with E-state index in [1.165, 1.54) is 0 Å². The van der Waals surface area contributed by atoms with E-state index >= 15 is 0 Å². The van der Waals surface area contributed by atoms with Crippen LogP contribution >= 0.6 is 28.7 Å². The fourth-order valence-electron chi connectivity index (χ4n) is 2.11. The monoisotopic (exact) mass is 345 g/mol. The van der Waals surface area contributed by atoms with Crippen LogP contribution in [-0.2, 0) is 4.74 Å². The van der Waals surface area contributed by atoms with Crippen molar-refractivity contribution in [3.8, 4) is 11.8 Å². The molecular formula is C18H12Cl2OP+. The summed E-state index contributed by atoms with van der Waals surface area (Å²) in [5, 5.41) is 0.930. The van der Waals surface area contributed by atoms with Gasteiger partial charge in [0.2, 0.25) is 0 Å². The number of rotatable bonds is 1. The molecule has 4 heteroatoms. The Labute approximate surface area is 140 Å². The summed E-state index contributed by atoms with van der Waals surface area (Å²) in [7, 11) is 0. The molecule has 1 heterocycles. The Morgan fingerprint density at radius 3 is 2.36 bits per heavy atom. The van der Waals surface area contributed by atoms with Crippen LogP contribution in [0.2, 0.25) is 0 Å². The van der Waals surface area contributed by atoms with E-state index in [1.54, 1.807) is 0 Å². The van der Waals surface area contributed by atoms with E-state index in [4.69, 9.17) is 27.2 Å². The predicted octanol–water partition coefficient (Wildman–Crippen LogP) is 5.42. The zero-order valence-electron chi connectivity index (χ0n) is 11.6. The molecule has 1 nitrogen and oxygen atoms in total. The van der Waals surface area contributed by atoms with Crippen molar-refractivity contribution in [1.29, 1.82) is 0 Å². The van der Waals surface area contributed by atoms with Crippen molar-refractivity contribution >= 4 is 39.8 Å². The van der Waals surface area contributed by atoms with Gasteiger partial charge in [0.05, 0.1) is 0 Å². The van der Waals surface area contributed by atoms with Crippen LogP contribution in [0.3, 0.4) is 0 Å². The average Bonchev–Trinajstić information content (AvgIpc) is 3.04. The molecule has 2 aromatic carbocycles. The minimum Gasteiger partial charge on any atom is -0.484 e. The van der Waals surface area contributed by atoms with Crippen LogP contribution in [0.1, 0.15) is 16.7 Å². The predicted molar refractivity (Wildman–Crippen MR) is 96.4 cm³/mol. The van der Waals surface area contributed by atoms with Gasteiger partial charge in [0.25, 0.3) is 0 Å². The van der Waals surface area contributed by atoms with E-state index in [1.807, 2.05) is 60.7 Å². The Balaban J connectivity index is 1.97. The maximum Gasteiger partial charge on any atom is 0.331 e. The van der Waals surface area contributed by atoms with Crippen LogP contribution in [0.5, 0.6) is 0 Å². The summed E-state index contributed by atoms with van der Waals surface area (Å²) in [6, 6.07) is 17.8. The average molecular weight is 346 g/mol. The fourth-order valence-corrected chi connectivity index (χ4v) is 3.07. The topological polar surface area (TPSA) is 9.23 Å². The van der Waals surface area contributed by atoms with Gasteiger partial charge in [0.15, 0.2) is 34.4 Å². The lowest BCUT2D eigenvalue weighted by molar-refractivity contribution is 0.346. The third-order valence-corrected chi connectivity index (χ3v) is 5.19. The molecule has 0 aromatic heterocycles. The highest BCUT2D eigenvalue weighted by Gasteiger charge is 2.23. The van der Waals surface area contributed by atoms with Crippen LogP contribution in [0, 0.1) is 11.8 Å². The van der Waals surface area contributed by atoms with Crippen molar-refractivity contribution < 1.29 is 4.74 Å². The van der Waals surface area contributed by atoms with E-state index in [-0.39, 0.29) is 0 Å². The van der Waals surface area contributed by atoms with Crippen molar-refractivity contribution in [3.05, 3.63) is 77.4 Å². The van der Waals surface area contributed by atoms with Gasteiger partial charge in [-0.15, -0.1) is 0 Å². The molecule has 0 saturated heterocycles. The standard InChI is InChI=1S/C18H12Cl2OP/c19-22(20)16-12-18(21-13-16)17-9-5-4-8-15(17)11-10-14-6-2-1-3-7-14/h1-9,12H,13H2/q+1. The number of hydrogen-bond donors (Lipinski definition) is 0. The molecule has 0 amide bonds. The van der Waals surface area contributed by atoms with Crippen molar-refractivity contribution in [3.63, 3.8) is 0 Å². The third kappa shape index (κ3) is 3.54. The summed E-state index contributed by atoms with van der Waals surface area (Å²) in [6.45, 7) is 0.453. The third-order valence-electron chi connectivity index (χ3n) is 3.20. The maximum atomic E-state index is 5.96. The quantitative estimate of drug-likeness (QED) is 0.495. The first-order valence-corrected chi connectivity index (χ1v) is 9.88. The lowest BCUT2D eigenvalue weighted by Gasteiger charge is -2.05. The van der Waals surface area contributed by atoms with Crippen LogP contribution in [0.15, 0.2) is 60.7 Å². The van der Waals surface area contributed by atoms with E-state index < -0.39 is 6.25 Å². The molecule has 22 heavy (non-hydrogen) atoms. The van der Waals surface area contributed by atoms with Gasteiger partial charge < -0.3 is 4.74 Å². The molecule has 0 bridgehead atoms. The zero-order chi connectivity index (χ0) is 15.4. The zero-order valence-corrected chi connectivity index (χ0v) is 14.0. The maximum absolute atomic E-state index is 5.96. The molecule has 108 valence electrons. The van der Waals surface area contributed by atoms with Gasteiger partial charge in [-0.25, -0.2) is 0 Å². The van der Waals surface area contributed by atoms with Crippen molar-refractivity contribution in [2.75, 3.05) is 6.61 Å². The van der Waals surface area contributed by atoms with Crippen molar-refractivity contribution in [1.82, 2.24) is 0 Å². The molecular weight excluding hydrogens is 334 g/mol. The van der Waals surface area contributed by atoms with Gasteiger partial charge in [-0.05, 0) is 24.3 Å². The first-order valence-electron chi connectivity index (χ1n) is 6.72. The highest BCUT2D eigenvalue weighted by molar-refractivity contribution is 8.03. The molecule has 0 spiro atoms. The highest BCUT2D eigenvalue weighted by atomic mass is 35.9. The summed E-state index contributed by atoms with van der Waals surface area (Å²) in [5.41, 5.74) is 2.87. The highest BCUT2D eigenvalue weighted by Crippen LogP contribution is 2.40. The molecule has 0 saturated carbocycles. The van der Waals surface area contributed by atoms with Gasteiger partial charge >= 0.3 is 6.25 Å². The van der Waals surface area contributed by atoms with Gasteiger partial charge in [-0.2, -0.15) is 0 Å². The number of benzene rings is 2. The molecule has 2 aromatic rings. The Bertz CT molecular complexity index is 810. The minimum atomic E-state index is -1.15. The second-order valence-electron chi connectivity index (χ2n) is 4.68. The molecule has 0 atom stereocenters. The minimum absolute atomic E-state index is 0.453. The molecule has 3 rings (SSSR count). The van der Waals surface area contributed by atoms with Crippen LogP contribution in [0.25, 0.3) is 5.76 Å². The van der Waals surface area contributed by atoms with Gasteiger partial charge in [-0.3, -0.25) is 0 Å². The van der Waals surface area contributed by atoms with Gasteiger partial charge in [0.1, 0.15) is 5.76 Å².